The highest BCUT2D eigenvalue weighted by Crippen LogP contribution is 2.22. The molecule has 1 fully saturated rings. The number of rotatable bonds is 6. The standard InChI is InChI=1S/C21H29N3O8/c1-21(2,3)32-20(27)23(14-11-18(25)30-4)15-9-12-22(13-10-15)19(26)31-17-7-5-16(6-8-17)24(28)29/h5-8,15H,9-14H2,1-4H3. The maximum Gasteiger partial charge on any atom is 0.415 e. The van der Waals surface area contributed by atoms with Gasteiger partial charge in [0.05, 0.1) is 18.5 Å². The number of amides is 2. The van der Waals surface area contributed by atoms with E-state index in [1.165, 1.54) is 41.2 Å². The average molecular weight is 451 g/mol. The first-order valence-electron chi connectivity index (χ1n) is 10.3. The summed E-state index contributed by atoms with van der Waals surface area (Å²) in [4.78, 5) is 49.9. The Balaban J connectivity index is 1.96. The van der Waals surface area contributed by atoms with Crippen LogP contribution in [0.1, 0.15) is 40.0 Å². The van der Waals surface area contributed by atoms with Crippen LogP contribution in [0, 0.1) is 10.1 Å². The number of hydrogen-bond donors (Lipinski definition) is 0. The summed E-state index contributed by atoms with van der Waals surface area (Å²) in [5, 5.41) is 10.7. The van der Waals surface area contributed by atoms with Crippen molar-refractivity contribution in [2.45, 2.75) is 51.7 Å². The monoisotopic (exact) mass is 451 g/mol. The third kappa shape index (κ3) is 7.40. The molecule has 0 spiro atoms. The number of carbonyl (C=O) groups excluding carboxylic acids is 3. The van der Waals surface area contributed by atoms with Gasteiger partial charge in [0.2, 0.25) is 0 Å². The molecule has 2 rings (SSSR count). The van der Waals surface area contributed by atoms with E-state index in [1.54, 1.807) is 20.8 Å². The van der Waals surface area contributed by atoms with E-state index in [-0.39, 0.29) is 30.4 Å². The lowest BCUT2D eigenvalue weighted by atomic mass is 10.0. The number of likely N-dealkylation sites (tertiary alicyclic amines) is 1. The first kappa shape index (κ1) is 24.9. The van der Waals surface area contributed by atoms with E-state index >= 15 is 0 Å². The summed E-state index contributed by atoms with van der Waals surface area (Å²) in [5.41, 5.74) is -0.782. The molecule has 1 aromatic rings. The zero-order chi connectivity index (χ0) is 23.9. The van der Waals surface area contributed by atoms with Gasteiger partial charge in [-0.05, 0) is 45.7 Å². The quantitative estimate of drug-likeness (QED) is 0.366. The number of piperidine rings is 1. The highest BCUT2D eigenvalue weighted by molar-refractivity contribution is 5.73. The molecule has 0 saturated carbocycles. The van der Waals surface area contributed by atoms with Gasteiger partial charge < -0.3 is 24.0 Å². The van der Waals surface area contributed by atoms with Gasteiger partial charge in [0.25, 0.3) is 5.69 Å². The molecule has 176 valence electrons. The molecular weight excluding hydrogens is 422 g/mol. The third-order valence-corrected chi connectivity index (χ3v) is 4.83. The minimum atomic E-state index is -0.685. The number of methoxy groups -OCH3 is 1. The molecule has 0 aromatic heterocycles. The van der Waals surface area contributed by atoms with E-state index in [1.807, 2.05) is 0 Å². The molecule has 0 N–H and O–H groups in total. The van der Waals surface area contributed by atoms with Crippen LogP contribution in [0.2, 0.25) is 0 Å². The number of nitro groups is 1. The van der Waals surface area contributed by atoms with Gasteiger partial charge in [-0.15, -0.1) is 0 Å². The molecule has 0 bridgehead atoms. The first-order valence-corrected chi connectivity index (χ1v) is 10.3. The first-order chi connectivity index (χ1) is 15.0. The summed E-state index contributed by atoms with van der Waals surface area (Å²) in [6, 6.07) is 5.03. The second kappa shape index (κ2) is 10.8. The molecule has 11 heteroatoms. The fourth-order valence-corrected chi connectivity index (χ4v) is 3.22. The third-order valence-electron chi connectivity index (χ3n) is 4.83. The molecular formula is C21H29N3O8. The largest absolute Gasteiger partial charge is 0.469 e. The lowest BCUT2D eigenvalue weighted by Crippen LogP contribution is -2.51. The molecule has 2 amide bonds. The van der Waals surface area contributed by atoms with Crippen LogP contribution < -0.4 is 4.74 Å². The molecule has 32 heavy (non-hydrogen) atoms. The Labute approximate surface area is 186 Å². The van der Waals surface area contributed by atoms with Crippen molar-refractivity contribution in [3.8, 4) is 5.75 Å². The van der Waals surface area contributed by atoms with Gasteiger partial charge in [-0.2, -0.15) is 0 Å². The van der Waals surface area contributed by atoms with Crippen molar-refractivity contribution in [2.75, 3.05) is 26.7 Å². The summed E-state index contributed by atoms with van der Waals surface area (Å²) < 4.78 is 15.4. The summed E-state index contributed by atoms with van der Waals surface area (Å²) in [6.45, 7) is 6.13. The number of carbonyl (C=O) groups is 3. The number of non-ortho nitro benzene ring substituents is 1. The van der Waals surface area contributed by atoms with Crippen molar-refractivity contribution < 1.29 is 33.5 Å². The predicted octanol–water partition coefficient (Wildman–Crippen LogP) is 3.36. The van der Waals surface area contributed by atoms with Gasteiger partial charge in [-0.25, -0.2) is 9.59 Å². The Hall–Kier alpha value is -3.37. The molecule has 1 aliphatic rings. The fraction of sp³-hybridized carbons (Fsp3) is 0.571. The van der Waals surface area contributed by atoms with E-state index in [0.29, 0.717) is 25.9 Å². The van der Waals surface area contributed by atoms with Crippen molar-refractivity contribution in [1.29, 1.82) is 0 Å². The topological polar surface area (TPSA) is 129 Å². The van der Waals surface area contributed by atoms with Gasteiger partial charge in [-0.3, -0.25) is 14.9 Å². The Bertz CT molecular complexity index is 826. The van der Waals surface area contributed by atoms with Crippen LogP contribution in [-0.4, -0.2) is 71.3 Å². The Morgan fingerprint density at radius 1 is 1.16 bits per heavy atom. The zero-order valence-corrected chi connectivity index (χ0v) is 18.7. The maximum atomic E-state index is 12.7. The van der Waals surface area contributed by atoms with Crippen LogP contribution in [-0.2, 0) is 14.3 Å². The molecule has 1 aromatic carbocycles. The van der Waals surface area contributed by atoms with Crippen LogP contribution in [0.25, 0.3) is 0 Å². The molecule has 0 atom stereocenters. The second-order valence-corrected chi connectivity index (χ2v) is 8.34. The molecule has 1 aliphatic heterocycles. The summed E-state index contributed by atoms with van der Waals surface area (Å²) in [7, 11) is 1.29. The lowest BCUT2D eigenvalue weighted by Gasteiger charge is -2.38. The molecule has 1 saturated heterocycles. The Morgan fingerprint density at radius 3 is 2.25 bits per heavy atom. The minimum absolute atomic E-state index is 0.0398. The molecule has 1 heterocycles. The number of nitrogens with zero attached hydrogens (tertiary/aromatic N) is 3. The van der Waals surface area contributed by atoms with Crippen molar-refractivity contribution in [1.82, 2.24) is 9.80 Å². The summed E-state index contributed by atoms with van der Waals surface area (Å²) in [6.07, 6.45) is -0.0899. The van der Waals surface area contributed by atoms with Crippen LogP contribution in [0.4, 0.5) is 15.3 Å². The SMILES string of the molecule is COC(=O)CCN(C(=O)OC(C)(C)C)C1CCN(C(=O)Oc2ccc([N+](=O)[O-])cc2)CC1. The number of ether oxygens (including phenoxy) is 3. The second-order valence-electron chi connectivity index (χ2n) is 8.34. The Kier molecular flexibility index (Phi) is 8.39. The van der Waals surface area contributed by atoms with Gasteiger partial charge >= 0.3 is 18.2 Å². The van der Waals surface area contributed by atoms with Gasteiger partial charge in [0.15, 0.2) is 0 Å². The van der Waals surface area contributed by atoms with E-state index in [0.717, 1.165) is 0 Å². The Morgan fingerprint density at radius 2 is 1.75 bits per heavy atom. The van der Waals surface area contributed by atoms with Crippen molar-refractivity contribution in [3.63, 3.8) is 0 Å². The summed E-state index contributed by atoms with van der Waals surface area (Å²) >= 11 is 0. The van der Waals surface area contributed by atoms with E-state index < -0.39 is 28.7 Å². The molecule has 0 unspecified atom stereocenters. The number of benzene rings is 1. The van der Waals surface area contributed by atoms with Crippen LogP contribution >= 0.6 is 0 Å². The number of esters is 1. The van der Waals surface area contributed by atoms with E-state index in [9.17, 15) is 24.5 Å². The highest BCUT2D eigenvalue weighted by Gasteiger charge is 2.33. The van der Waals surface area contributed by atoms with Gasteiger partial charge in [0.1, 0.15) is 11.4 Å². The predicted molar refractivity (Wildman–Crippen MR) is 113 cm³/mol. The number of hydrogen-bond acceptors (Lipinski definition) is 8. The normalized spacial score (nSPS) is 14.4. The maximum absolute atomic E-state index is 12.7. The molecule has 11 nitrogen and oxygen atoms in total. The van der Waals surface area contributed by atoms with Gasteiger partial charge in [0, 0.05) is 37.8 Å². The van der Waals surface area contributed by atoms with Crippen LogP contribution in [0.3, 0.4) is 0 Å². The smallest absolute Gasteiger partial charge is 0.415 e. The average Bonchev–Trinajstić information content (AvgIpc) is 2.73. The number of nitro benzene ring substituents is 1. The van der Waals surface area contributed by atoms with Crippen molar-refractivity contribution in [2.24, 2.45) is 0 Å². The van der Waals surface area contributed by atoms with Gasteiger partial charge in [-0.1, -0.05) is 0 Å². The van der Waals surface area contributed by atoms with Crippen molar-refractivity contribution >= 4 is 23.8 Å². The van der Waals surface area contributed by atoms with E-state index in [4.69, 9.17) is 9.47 Å². The van der Waals surface area contributed by atoms with Crippen LogP contribution in [0.15, 0.2) is 24.3 Å². The summed E-state index contributed by atoms with van der Waals surface area (Å²) in [5.74, 6) is -0.223. The van der Waals surface area contributed by atoms with Crippen molar-refractivity contribution in [3.05, 3.63) is 34.4 Å². The van der Waals surface area contributed by atoms with Crippen LogP contribution in [0.5, 0.6) is 5.75 Å². The molecule has 0 aliphatic carbocycles. The molecule has 0 radical (unpaired) electrons. The zero-order valence-electron chi connectivity index (χ0n) is 18.7. The lowest BCUT2D eigenvalue weighted by molar-refractivity contribution is -0.384. The van der Waals surface area contributed by atoms with E-state index in [2.05, 4.69) is 4.74 Å². The fourth-order valence-electron chi connectivity index (χ4n) is 3.22. The highest BCUT2D eigenvalue weighted by atomic mass is 16.6. The minimum Gasteiger partial charge on any atom is -0.469 e.